The molecule has 1 heterocycles. The second kappa shape index (κ2) is 3.91. The predicted molar refractivity (Wildman–Crippen MR) is 57.8 cm³/mol. The molecule has 2 nitrogen and oxygen atoms in total. The molecule has 1 aromatic heterocycles. The molecule has 1 unspecified atom stereocenters. The summed E-state index contributed by atoms with van der Waals surface area (Å²) in [6.07, 6.45) is 8.68. The van der Waals surface area contributed by atoms with Gasteiger partial charge in [0.1, 0.15) is 0 Å². The molecule has 0 N–H and O–H groups in total. The van der Waals surface area contributed by atoms with Gasteiger partial charge in [0, 0.05) is 0 Å². The first kappa shape index (κ1) is 9.38. The third-order valence-electron chi connectivity index (χ3n) is 2.59. The van der Waals surface area contributed by atoms with Crippen LogP contribution in [0.1, 0.15) is 26.7 Å². The Hall–Kier alpha value is -1.18. The zero-order valence-electron chi connectivity index (χ0n) is 8.77. The maximum Gasteiger partial charge on any atom is 0.0886 e. The number of fused-ring (bicyclic) bond motifs is 1. The third kappa shape index (κ3) is 2.00. The highest BCUT2D eigenvalue weighted by molar-refractivity contribution is 5.37. The van der Waals surface area contributed by atoms with Crippen LogP contribution in [0.4, 0.5) is 0 Å². The molecule has 1 atom stereocenters. The lowest BCUT2D eigenvalue weighted by Gasteiger charge is -2.15. The molecule has 0 fully saturated rings. The van der Waals surface area contributed by atoms with Crippen LogP contribution < -0.4 is 10.6 Å². The fourth-order valence-electron chi connectivity index (χ4n) is 2.01. The summed E-state index contributed by atoms with van der Waals surface area (Å²) in [7, 11) is 0. The Labute approximate surface area is 84.4 Å². The highest BCUT2D eigenvalue weighted by atomic mass is 15.1. The van der Waals surface area contributed by atoms with Crippen LogP contribution in [-0.4, -0.2) is 10.2 Å². The fourth-order valence-corrected chi connectivity index (χ4v) is 2.01. The van der Waals surface area contributed by atoms with Gasteiger partial charge in [-0.15, -0.1) is 0 Å². The van der Waals surface area contributed by atoms with E-state index in [-0.39, 0.29) is 0 Å². The Morgan fingerprint density at radius 2 is 2.36 bits per heavy atom. The molecule has 0 radical (unpaired) electrons. The highest BCUT2D eigenvalue weighted by Gasteiger charge is 2.09. The Balaban J connectivity index is 2.29. The number of hydrogen-bond acceptors (Lipinski definition) is 2. The van der Waals surface area contributed by atoms with Crippen molar-refractivity contribution in [3.63, 3.8) is 0 Å². The molecule has 0 aromatic carbocycles. The van der Waals surface area contributed by atoms with E-state index in [1.54, 1.807) is 6.20 Å². The van der Waals surface area contributed by atoms with Gasteiger partial charge >= 0.3 is 0 Å². The highest BCUT2D eigenvalue weighted by Crippen LogP contribution is 2.18. The van der Waals surface area contributed by atoms with E-state index in [4.69, 9.17) is 0 Å². The maximum atomic E-state index is 4.10. The van der Waals surface area contributed by atoms with Crippen LogP contribution in [-0.2, 0) is 0 Å². The quantitative estimate of drug-likeness (QED) is 0.694. The molecule has 1 aliphatic rings. The second-order valence-corrected chi connectivity index (χ2v) is 4.37. The summed E-state index contributed by atoms with van der Waals surface area (Å²) in [5.41, 5.74) is 0. The molecule has 1 aromatic rings. The van der Waals surface area contributed by atoms with Gasteiger partial charge in [0.15, 0.2) is 0 Å². The summed E-state index contributed by atoms with van der Waals surface area (Å²) in [5.74, 6) is 1.45. The van der Waals surface area contributed by atoms with Gasteiger partial charge in [-0.05, 0) is 36.0 Å². The van der Waals surface area contributed by atoms with Gasteiger partial charge in [0.05, 0.1) is 11.5 Å². The summed E-state index contributed by atoms with van der Waals surface area (Å²) in [5, 5.41) is 10.3. The zero-order valence-corrected chi connectivity index (χ0v) is 8.77. The molecule has 0 aliphatic heterocycles. The molecular formula is C12H16N2. The normalized spacial score (nSPS) is 19.8. The second-order valence-electron chi connectivity index (χ2n) is 4.37. The summed E-state index contributed by atoms with van der Waals surface area (Å²) in [4.78, 5) is 0. The number of nitrogens with zero attached hydrogens (tertiary/aromatic N) is 2. The molecule has 0 saturated heterocycles. The fraction of sp³-hybridized carbons (Fsp3) is 0.500. The Morgan fingerprint density at radius 1 is 1.50 bits per heavy atom. The van der Waals surface area contributed by atoms with Crippen molar-refractivity contribution in [2.75, 3.05) is 0 Å². The minimum Gasteiger partial charge on any atom is -0.159 e. The van der Waals surface area contributed by atoms with Gasteiger partial charge in [0.2, 0.25) is 0 Å². The lowest BCUT2D eigenvalue weighted by molar-refractivity contribution is 0.499. The largest absolute Gasteiger partial charge is 0.159 e. The molecule has 1 aliphatic carbocycles. The van der Waals surface area contributed by atoms with E-state index >= 15 is 0 Å². The Bertz CT molecular complexity index is 420. The van der Waals surface area contributed by atoms with Crippen molar-refractivity contribution in [2.45, 2.75) is 26.7 Å². The monoisotopic (exact) mass is 188 g/mol. The SMILES string of the molecule is CC(C)CC1C=c2ccnnc2=CC1. The van der Waals surface area contributed by atoms with E-state index in [0.29, 0.717) is 5.92 Å². The Morgan fingerprint density at radius 3 is 3.14 bits per heavy atom. The molecule has 74 valence electrons. The first-order chi connectivity index (χ1) is 6.75. The van der Waals surface area contributed by atoms with Crippen molar-refractivity contribution in [3.8, 4) is 0 Å². The zero-order chi connectivity index (χ0) is 9.97. The summed E-state index contributed by atoms with van der Waals surface area (Å²) < 4.78 is 0. The molecular weight excluding hydrogens is 172 g/mol. The maximum absolute atomic E-state index is 4.10. The van der Waals surface area contributed by atoms with E-state index in [2.05, 4.69) is 36.2 Å². The van der Waals surface area contributed by atoms with Gasteiger partial charge in [0.25, 0.3) is 0 Å². The van der Waals surface area contributed by atoms with Crippen molar-refractivity contribution in [2.24, 2.45) is 11.8 Å². The number of aromatic nitrogens is 2. The van der Waals surface area contributed by atoms with E-state index in [1.807, 2.05) is 6.07 Å². The molecule has 0 saturated carbocycles. The van der Waals surface area contributed by atoms with Gasteiger partial charge < -0.3 is 0 Å². The van der Waals surface area contributed by atoms with Crippen LogP contribution in [0.25, 0.3) is 12.2 Å². The minimum atomic E-state index is 0.687. The van der Waals surface area contributed by atoms with E-state index in [1.165, 1.54) is 11.6 Å². The van der Waals surface area contributed by atoms with Crippen molar-refractivity contribution in [1.82, 2.24) is 10.2 Å². The summed E-state index contributed by atoms with van der Waals surface area (Å²) in [6.45, 7) is 4.54. The standard InChI is InChI=1S/C12H16N2/c1-9(2)7-10-3-4-12-11(8-10)5-6-13-14-12/h4-6,8-10H,3,7H2,1-2H3. The first-order valence-electron chi connectivity index (χ1n) is 5.25. The number of rotatable bonds is 2. The average Bonchev–Trinajstić information content (AvgIpc) is 2.17. The van der Waals surface area contributed by atoms with E-state index in [9.17, 15) is 0 Å². The summed E-state index contributed by atoms with van der Waals surface area (Å²) >= 11 is 0. The van der Waals surface area contributed by atoms with Gasteiger partial charge in [-0.25, -0.2) is 0 Å². The van der Waals surface area contributed by atoms with Crippen LogP contribution in [0, 0.1) is 11.8 Å². The third-order valence-corrected chi connectivity index (χ3v) is 2.59. The van der Waals surface area contributed by atoms with Crippen molar-refractivity contribution in [3.05, 3.63) is 22.8 Å². The van der Waals surface area contributed by atoms with Crippen LogP contribution >= 0.6 is 0 Å². The van der Waals surface area contributed by atoms with Crippen molar-refractivity contribution in [1.29, 1.82) is 0 Å². The number of hydrogen-bond donors (Lipinski definition) is 0. The van der Waals surface area contributed by atoms with Gasteiger partial charge in [-0.2, -0.15) is 10.2 Å². The van der Waals surface area contributed by atoms with Crippen LogP contribution in [0.3, 0.4) is 0 Å². The van der Waals surface area contributed by atoms with E-state index in [0.717, 1.165) is 17.7 Å². The van der Waals surface area contributed by atoms with Gasteiger partial charge in [-0.3, -0.25) is 0 Å². The average molecular weight is 188 g/mol. The smallest absolute Gasteiger partial charge is 0.0886 e. The molecule has 2 rings (SSSR count). The predicted octanol–water partition coefficient (Wildman–Crippen LogP) is 1.10. The lowest BCUT2D eigenvalue weighted by Crippen LogP contribution is -2.32. The van der Waals surface area contributed by atoms with E-state index < -0.39 is 0 Å². The lowest BCUT2D eigenvalue weighted by atomic mass is 9.91. The first-order valence-corrected chi connectivity index (χ1v) is 5.25. The summed E-state index contributed by atoms with van der Waals surface area (Å²) in [6, 6.07) is 2.05. The molecule has 14 heavy (non-hydrogen) atoms. The van der Waals surface area contributed by atoms with Crippen LogP contribution in [0.2, 0.25) is 0 Å². The topological polar surface area (TPSA) is 25.8 Å². The minimum absolute atomic E-state index is 0.687. The van der Waals surface area contributed by atoms with Gasteiger partial charge in [-0.1, -0.05) is 26.0 Å². The van der Waals surface area contributed by atoms with Crippen molar-refractivity contribution < 1.29 is 0 Å². The van der Waals surface area contributed by atoms with Crippen LogP contribution in [0.15, 0.2) is 12.3 Å². The van der Waals surface area contributed by atoms with Crippen LogP contribution in [0.5, 0.6) is 0 Å². The Kier molecular flexibility index (Phi) is 2.62. The van der Waals surface area contributed by atoms with Crippen molar-refractivity contribution >= 4 is 12.2 Å². The molecule has 2 heteroatoms. The molecule has 0 spiro atoms. The molecule has 0 bridgehead atoms. The molecule has 0 amide bonds.